The smallest absolute Gasteiger partial charge is 0.272 e. The van der Waals surface area contributed by atoms with E-state index in [0.29, 0.717) is 19.4 Å². The second kappa shape index (κ2) is 21.3. The summed E-state index contributed by atoms with van der Waals surface area (Å²) in [5, 5.41) is 10.6. The average Bonchev–Trinajstić information content (AvgIpc) is 3.79. The molecule has 10 atom stereocenters. The van der Waals surface area contributed by atoms with Gasteiger partial charge in [0.05, 0.1) is 49.2 Å². The van der Waals surface area contributed by atoms with Crippen LogP contribution in [0.15, 0.2) is 54.6 Å². The summed E-state index contributed by atoms with van der Waals surface area (Å²) in [6.07, 6.45) is 1.18. The molecule has 1 saturated carbocycles. The van der Waals surface area contributed by atoms with Crippen LogP contribution in [0.25, 0.3) is 0 Å². The first-order valence-corrected chi connectivity index (χ1v) is 22.5. The zero-order valence-electron chi connectivity index (χ0n) is 38.8. The molecule has 5 rings (SSSR count). The summed E-state index contributed by atoms with van der Waals surface area (Å²) >= 11 is 0. The van der Waals surface area contributed by atoms with Crippen LogP contribution in [0.5, 0.6) is 0 Å². The van der Waals surface area contributed by atoms with E-state index < -0.39 is 47.8 Å². The van der Waals surface area contributed by atoms with E-state index in [-0.39, 0.29) is 72.8 Å². The van der Waals surface area contributed by atoms with Gasteiger partial charge in [-0.25, -0.2) is 5.06 Å². The van der Waals surface area contributed by atoms with Crippen molar-refractivity contribution in [3.05, 3.63) is 71.3 Å². The molecule has 0 bridgehead atoms. The predicted octanol–water partition coefficient (Wildman–Crippen LogP) is 4.81. The number of likely N-dealkylation sites (N-methyl/N-ethyl adjacent to an activating group) is 2. The van der Waals surface area contributed by atoms with E-state index in [4.69, 9.17) is 14.3 Å². The molecule has 1 aliphatic carbocycles. The first-order chi connectivity index (χ1) is 29.5. The molecule has 2 aromatic carbocycles. The Kier molecular flexibility index (Phi) is 16.7. The number of carbonyl (C=O) groups is 5. The number of nitrogens with one attached hydrogen (secondary N) is 3. The molecule has 0 spiro atoms. The fourth-order valence-electron chi connectivity index (χ4n) is 9.72. The summed E-state index contributed by atoms with van der Waals surface area (Å²) in [6.45, 7) is 14.6. The van der Waals surface area contributed by atoms with Crippen molar-refractivity contribution in [3.63, 3.8) is 0 Å². The van der Waals surface area contributed by atoms with Crippen LogP contribution in [0.4, 0.5) is 0 Å². The van der Waals surface area contributed by atoms with Crippen LogP contribution in [0.1, 0.15) is 103 Å². The highest BCUT2D eigenvalue weighted by molar-refractivity contribution is 5.96. The van der Waals surface area contributed by atoms with Gasteiger partial charge in [0, 0.05) is 33.7 Å². The topological polar surface area (TPSA) is 159 Å². The van der Waals surface area contributed by atoms with Crippen LogP contribution in [0.3, 0.4) is 0 Å². The standard InChI is InChI=1S/C48H72N6O8/c1-12-31(6)42(52(9)46(58)41(30(4)5)50-45(57)40(49-8)29(2)3)38(60-10)25-39(55)53-24-18-23-37(53)43(61-11)32(7)44(56)51-48(26-36(48)33-19-14-13-15-20-33)47(59)54-27-34-21-16-17-22-35(34)28-62-54/h13-17,19-22,29-32,36-38,40-43,49H,12,18,23-28H2,1-11H3,(H,50,57)(H,51,56)/t31-,32+,36+,37?,38+,40-,41-,42-,43+,48-/m0/s1. The van der Waals surface area contributed by atoms with Crippen molar-refractivity contribution in [1.82, 2.24) is 30.8 Å². The summed E-state index contributed by atoms with van der Waals surface area (Å²) in [4.78, 5) is 80.3. The first-order valence-electron chi connectivity index (χ1n) is 22.5. The van der Waals surface area contributed by atoms with Crippen LogP contribution in [-0.2, 0) is 51.4 Å². The molecule has 342 valence electrons. The molecule has 3 aliphatic rings. The van der Waals surface area contributed by atoms with Gasteiger partial charge < -0.3 is 35.2 Å². The highest BCUT2D eigenvalue weighted by Crippen LogP contribution is 2.53. The van der Waals surface area contributed by atoms with Gasteiger partial charge in [-0.05, 0) is 60.8 Å². The van der Waals surface area contributed by atoms with E-state index in [0.717, 1.165) is 29.5 Å². The number of methoxy groups -OCH3 is 2. The van der Waals surface area contributed by atoms with Gasteiger partial charge in [-0.3, -0.25) is 28.8 Å². The average molecular weight is 861 g/mol. The Labute approximate surface area is 369 Å². The predicted molar refractivity (Wildman–Crippen MR) is 237 cm³/mol. The Bertz CT molecular complexity index is 1860. The Hall–Kier alpha value is -4.37. The number of hydrogen-bond acceptors (Lipinski definition) is 9. The zero-order valence-corrected chi connectivity index (χ0v) is 38.8. The molecule has 14 nitrogen and oxygen atoms in total. The Morgan fingerprint density at radius 3 is 2.13 bits per heavy atom. The highest BCUT2D eigenvalue weighted by Gasteiger charge is 2.64. The monoisotopic (exact) mass is 861 g/mol. The summed E-state index contributed by atoms with van der Waals surface area (Å²) < 4.78 is 12.2. The van der Waals surface area contributed by atoms with Gasteiger partial charge in [0.25, 0.3) is 5.91 Å². The zero-order chi connectivity index (χ0) is 45.5. The molecule has 2 heterocycles. The van der Waals surface area contributed by atoms with Crippen LogP contribution in [-0.4, -0.2) is 121 Å². The Morgan fingerprint density at radius 2 is 1.53 bits per heavy atom. The third kappa shape index (κ3) is 10.5. The molecular weight excluding hydrogens is 789 g/mol. The Morgan fingerprint density at radius 1 is 0.887 bits per heavy atom. The van der Waals surface area contributed by atoms with Crippen molar-refractivity contribution >= 4 is 29.5 Å². The first kappa shape index (κ1) is 48.7. The quantitative estimate of drug-likeness (QED) is 0.170. The third-order valence-corrected chi connectivity index (χ3v) is 13.7. The molecule has 2 aliphatic heterocycles. The summed E-state index contributed by atoms with van der Waals surface area (Å²) in [5.41, 5.74) is 1.77. The van der Waals surface area contributed by atoms with E-state index in [2.05, 4.69) is 16.0 Å². The molecule has 3 N–H and O–H groups in total. The molecule has 1 unspecified atom stereocenters. The minimum atomic E-state index is -1.21. The second-order valence-corrected chi connectivity index (χ2v) is 18.3. The van der Waals surface area contributed by atoms with Gasteiger partial charge in [-0.1, -0.05) is 109 Å². The van der Waals surface area contributed by atoms with E-state index in [1.54, 1.807) is 45.0 Å². The lowest BCUT2D eigenvalue weighted by Crippen LogP contribution is -2.59. The number of hydrogen-bond donors (Lipinski definition) is 3. The molecule has 5 amide bonds. The number of amides is 5. The van der Waals surface area contributed by atoms with Crippen molar-refractivity contribution in [2.45, 2.75) is 142 Å². The number of fused-ring (bicyclic) bond motifs is 1. The van der Waals surface area contributed by atoms with E-state index >= 15 is 0 Å². The van der Waals surface area contributed by atoms with Gasteiger partial charge in [0.1, 0.15) is 18.2 Å². The minimum absolute atomic E-state index is 0.000146. The normalized spacial score (nSPS) is 23.1. The number of carbonyl (C=O) groups excluding carboxylic acids is 5. The minimum Gasteiger partial charge on any atom is -0.379 e. The number of benzene rings is 2. The molecule has 1 saturated heterocycles. The van der Waals surface area contributed by atoms with Gasteiger partial charge in [0.15, 0.2) is 0 Å². The van der Waals surface area contributed by atoms with E-state index in [9.17, 15) is 24.0 Å². The second-order valence-electron chi connectivity index (χ2n) is 18.3. The van der Waals surface area contributed by atoms with Gasteiger partial charge in [0.2, 0.25) is 23.6 Å². The summed E-state index contributed by atoms with van der Waals surface area (Å²) in [6, 6.07) is 15.5. The van der Waals surface area contributed by atoms with Crippen molar-refractivity contribution in [3.8, 4) is 0 Å². The number of ether oxygens (including phenoxy) is 2. The lowest BCUT2D eigenvalue weighted by molar-refractivity contribution is -0.204. The number of likely N-dealkylation sites (tertiary alicyclic amines) is 1. The lowest BCUT2D eigenvalue weighted by atomic mass is 9.89. The highest BCUT2D eigenvalue weighted by atomic mass is 16.7. The van der Waals surface area contributed by atoms with Crippen LogP contribution < -0.4 is 16.0 Å². The fraction of sp³-hybridized carbons (Fsp3) is 0.646. The van der Waals surface area contributed by atoms with Crippen LogP contribution in [0.2, 0.25) is 0 Å². The van der Waals surface area contributed by atoms with Crippen molar-refractivity contribution < 1.29 is 38.3 Å². The van der Waals surface area contributed by atoms with Gasteiger partial charge >= 0.3 is 0 Å². The van der Waals surface area contributed by atoms with Crippen molar-refractivity contribution in [2.75, 3.05) is 34.9 Å². The van der Waals surface area contributed by atoms with E-state index in [1.165, 1.54) is 5.06 Å². The maximum absolute atomic E-state index is 14.5. The van der Waals surface area contributed by atoms with Crippen molar-refractivity contribution in [2.24, 2.45) is 23.7 Å². The SMILES string of the molecule is CC[C@H](C)[C@@H]([C@@H](CC(=O)N1CCCC1[C@H](OC)[C@@H](C)C(=O)N[C@@]1(C(=O)N2Cc3ccccc3CO2)C[C@@H]1c1ccccc1)OC)N(C)C(=O)[C@@H](NC(=O)[C@@H](NC)C(C)C)C(C)C. The molecule has 14 heteroatoms. The molecule has 62 heavy (non-hydrogen) atoms. The molecule has 0 aromatic heterocycles. The van der Waals surface area contributed by atoms with Gasteiger partial charge in [-0.2, -0.15) is 0 Å². The molecule has 0 radical (unpaired) electrons. The largest absolute Gasteiger partial charge is 0.379 e. The molecule has 2 aromatic rings. The van der Waals surface area contributed by atoms with Gasteiger partial charge in [-0.15, -0.1) is 0 Å². The fourth-order valence-corrected chi connectivity index (χ4v) is 9.72. The third-order valence-electron chi connectivity index (χ3n) is 13.7. The molecule has 2 fully saturated rings. The van der Waals surface area contributed by atoms with Crippen LogP contribution in [0, 0.1) is 23.7 Å². The number of hydroxylamine groups is 2. The lowest BCUT2D eigenvalue weighted by Gasteiger charge is -2.41. The number of nitrogens with zero attached hydrogens (tertiary/aromatic N) is 3. The van der Waals surface area contributed by atoms with E-state index in [1.807, 2.05) is 96.1 Å². The van der Waals surface area contributed by atoms with Crippen molar-refractivity contribution in [1.29, 1.82) is 0 Å². The maximum Gasteiger partial charge on any atom is 0.272 e. The summed E-state index contributed by atoms with van der Waals surface area (Å²) in [7, 11) is 6.58. The Balaban J connectivity index is 1.31. The van der Waals surface area contributed by atoms with Crippen LogP contribution >= 0.6 is 0 Å². The molecular formula is C48H72N6O8. The number of rotatable bonds is 20. The maximum atomic E-state index is 14.5. The summed E-state index contributed by atoms with van der Waals surface area (Å²) in [5.74, 6) is -2.47.